The molecule has 0 spiro atoms. The van der Waals surface area contributed by atoms with Gasteiger partial charge in [-0.3, -0.25) is 0 Å². The van der Waals surface area contributed by atoms with Crippen LogP contribution in [0.1, 0.15) is 56.9 Å². The number of rotatable bonds is 7. The molecule has 24 heavy (non-hydrogen) atoms. The fourth-order valence-corrected chi connectivity index (χ4v) is 2.71. The lowest BCUT2D eigenvalue weighted by Crippen LogP contribution is -2.19. The van der Waals surface area contributed by atoms with Crippen molar-refractivity contribution in [1.29, 1.82) is 0 Å². The zero-order chi connectivity index (χ0) is 17.7. The maximum absolute atomic E-state index is 9.93. The summed E-state index contributed by atoms with van der Waals surface area (Å²) in [5, 5.41) is 19.2. The molecule has 0 amide bonds. The van der Waals surface area contributed by atoms with Crippen LogP contribution in [-0.2, 0) is 5.41 Å². The molecular weight excluding hydrogens is 300 g/mol. The van der Waals surface area contributed by atoms with Gasteiger partial charge in [0.1, 0.15) is 12.4 Å². The van der Waals surface area contributed by atoms with Crippen molar-refractivity contribution in [2.75, 3.05) is 6.61 Å². The number of aliphatic hydroxyl groups is 2. The van der Waals surface area contributed by atoms with Gasteiger partial charge in [-0.2, -0.15) is 0 Å². The van der Waals surface area contributed by atoms with Crippen molar-refractivity contribution >= 4 is 0 Å². The van der Waals surface area contributed by atoms with Gasteiger partial charge in [0, 0.05) is 5.41 Å². The van der Waals surface area contributed by atoms with E-state index in [2.05, 4.69) is 38.1 Å². The Balaban J connectivity index is 2.17. The van der Waals surface area contributed by atoms with Gasteiger partial charge in [-0.25, -0.2) is 0 Å². The van der Waals surface area contributed by atoms with Crippen molar-refractivity contribution in [3.05, 3.63) is 65.2 Å². The molecule has 2 aromatic rings. The fraction of sp³-hybridized carbons (Fsp3) is 0.429. The van der Waals surface area contributed by atoms with E-state index in [1.807, 2.05) is 31.2 Å². The molecule has 2 unspecified atom stereocenters. The minimum atomic E-state index is -0.474. The van der Waals surface area contributed by atoms with Crippen LogP contribution in [0.5, 0.6) is 5.75 Å². The summed E-state index contributed by atoms with van der Waals surface area (Å²) in [5.74, 6) is 0.761. The van der Waals surface area contributed by atoms with Gasteiger partial charge in [-0.15, -0.1) is 0 Å². The lowest BCUT2D eigenvalue weighted by Gasteiger charge is -2.27. The molecule has 3 nitrogen and oxygen atoms in total. The molecule has 2 atom stereocenters. The van der Waals surface area contributed by atoms with Gasteiger partial charge in [0.05, 0.1) is 12.2 Å². The van der Waals surface area contributed by atoms with E-state index in [4.69, 9.17) is 4.74 Å². The summed E-state index contributed by atoms with van der Waals surface area (Å²) in [7, 11) is 0. The second-order valence-electron chi connectivity index (χ2n) is 6.86. The molecule has 0 heterocycles. The SMILES string of the molecule is CCC(O)c1ccc(C(C)(C)c2ccc(OCC(C)O)cc2)cc1. The van der Waals surface area contributed by atoms with E-state index < -0.39 is 12.2 Å². The molecule has 3 heteroatoms. The van der Waals surface area contributed by atoms with Crippen molar-refractivity contribution in [2.24, 2.45) is 0 Å². The summed E-state index contributed by atoms with van der Waals surface area (Å²) in [4.78, 5) is 0. The van der Waals surface area contributed by atoms with Gasteiger partial charge in [0.2, 0.25) is 0 Å². The third-order valence-electron chi connectivity index (χ3n) is 4.47. The number of hydrogen-bond donors (Lipinski definition) is 2. The van der Waals surface area contributed by atoms with Gasteiger partial charge < -0.3 is 14.9 Å². The molecule has 2 N–H and O–H groups in total. The molecule has 0 aliphatic carbocycles. The highest BCUT2D eigenvalue weighted by Gasteiger charge is 2.23. The monoisotopic (exact) mass is 328 g/mol. The molecule has 0 saturated carbocycles. The quantitative estimate of drug-likeness (QED) is 0.800. The van der Waals surface area contributed by atoms with Crippen LogP contribution in [0.15, 0.2) is 48.5 Å². The van der Waals surface area contributed by atoms with E-state index in [1.165, 1.54) is 11.1 Å². The zero-order valence-corrected chi connectivity index (χ0v) is 15.0. The van der Waals surface area contributed by atoms with Crippen LogP contribution in [0.4, 0.5) is 0 Å². The minimum absolute atomic E-state index is 0.140. The molecule has 2 rings (SSSR count). The van der Waals surface area contributed by atoms with Crippen molar-refractivity contribution in [1.82, 2.24) is 0 Å². The van der Waals surface area contributed by atoms with E-state index >= 15 is 0 Å². The first-order valence-corrected chi connectivity index (χ1v) is 8.54. The first-order chi connectivity index (χ1) is 11.3. The van der Waals surface area contributed by atoms with E-state index in [0.717, 1.165) is 17.7 Å². The van der Waals surface area contributed by atoms with Crippen molar-refractivity contribution in [3.63, 3.8) is 0 Å². The van der Waals surface area contributed by atoms with Gasteiger partial charge in [-0.1, -0.05) is 57.2 Å². The lowest BCUT2D eigenvalue weighted by atomic mass is 9.78. The molecule has 0 aromatic heterocycles. The Bertz CT molecular complexity index is 627. The minimum Gasteiger partial charge on any atom is -0.491 e. The average molecular weight is 328 g/mol. The van der Waals surface area contributed by atoms with Crippen LogP contribution in [0.3, 0.4) is 0 Å². The summed E-state index contributed by atoms with van der Waals surface area (Å²) in [6, 6.07) is 16.2. The topological polar surface area (TPSA) is 49.7 Å². The van der Waals surface area contributed by atoms with Crippen LogP contribution in [0.25, 0.3) is 0 Å². The largest absolute Gasteiger partial charge is 0.491 e. The van der Waals surface area contributed by atoms with Crippen molar-refractivity contribution < 1.29 is 14.9 Å². The average Bonchev–Trinajstić information content (AvgIpc) is 2.59. The van der Waals surface area contributed by atoms with E-state index in [1.54, 1.807) is 6.92 Å². The molecule has 0 fully saturated rings. The maximum atomic E-state index is 9.93. The highest BCUT2D eigenvalue weighted by molar-refractivity contribution is 5.41. The Hall–Kier alpha value is -1.84. The second kappa shape index (κ2) is 7.82. The van der Waals surface area contributed by atoms with Crippen LogP contribution >= 0.6 is 0 Å². The molecule has 130 valence electrons. The summed E-state index contributed by atoms with van der Waals surface area (Å²) < 4.78 is 5.52. The summed E-state index contributed by atoms with van der Waals surface area (Å²) >= 11 is 0. The van der Waals surface area contributed by atoms with Crippen molar-refractivity contribution in [3.8, 4) is 5.75 Å². The van der Waals surface area contributed by atoms with E-state index in [9.17, 15) is 10.2 Å². The van der Waals surface area contributed by atoms with Gasteiger partial charge in [-0.05, 0) is 42.2 Å². The first-order valence-electron chi connectivity index (χ1n) is 8.54. The first kappa shape index (κ1) is 18.5. The normalized spacial score (nSPS) is 14.2. The van der Waals surface area contributed by atoms with Crippen LogP contribution in [0.2, 0.25) is 0 Å². The Morgan fingerprint density at radius 2 is 1.42 bits per heavy atom. The van der Waals surface area contributed by atoms with Crippen LogP contribution < -0.4 is 4.74 Å². The zero-order valence-electron chi connectivity index (χ0n) is 15.0. The fourth-order valence-electron chi connectivity index (χ4n) is 2.71. The van der Waals surface area contributed by atoms with Gasteiger partial charge in [0.15, 0.2) is 0 Å². The smallest absolute Gasteiger partial charge is 0.119 e. The van der Waals surface area contributed by atoms with Crippen LogP contribution in [-0.4, -0.2) is 22.9 Å². The van der Waals surface area contributed by atoms with Crippen molar-refractivity contribution in [2.45, 2.75) is 51.7 Å². The molecular formula is C21H28O3. The molecule has 0 aliphatic rings. The van der Waals surface area contributed by atoms with Gasteiger partial charge in [0.25, 0.3) is 0 Å². The summed E-state index contributed by atoms with van der Waals surface area (Å²) in [5.41, 5.74) is 3.21. The highest BCUT2D eigenvalue weighted by Crippen LogP contribution is 2.33. The summed E-state index contributed by atoms with van der Waals surface area (Å²) in [6.07, 6.45) is -0.151. The molecule has 0 saturated heterocycles. The third kappa shape index (κ3) is 4.37. The number of benzene rings is 2. The summed E-state index contributed by atoms with van der Waals surface area (Å²) in [6.45, 7) is 8.35. The van der Waals surface area contributed by atoms with Crippen LogP contribution in [0, 0.1) is 0 Å². The molecule has 0 radical (unpaired) electrons. The predicted molar refractivity (Wildman–Crippen MR) is 97.4 cm³/mol. The second-order valence-corrected chi connectivity index (χ2v) is 6.86. The molecule has 0 bridgehead atoms. The highest BCUT2D eigenvalue weighted by atomic mass is 16.5. The molecule has 0 aliphatic heterocycles. The third-order valence-corrected chi connectivity index (χ3v) is 4.47. The number of ether oxygens (including phenoxy) is 1. The van der Waals surface area contributed by atoms with E-state index in [-0.39, 0.29) is 5.41 Å². The predicted octanol–water partition coefficient (Wildman–Crippen LogP) is 4.22. The van der Waals surface area contributed by atoms with Gasteiger partial charge >= 0.3 is 0 Å². The number of aliphatic hydroxyl groups excluding tert-OH is 2. The standard InChI is InChI=1S/C21H28O3/c1-5-20(23)16-6-8-17(9-7-16)21(3,4)18-10-12-19(13-11-18)24-14-15(2)22/h6-13,15,20,22-23H,5,14H2,1-4H3. The Morgan fingerprint density at radius 1 is 0.917 bits per heavy atom. The Labute approximate surface area is 144 Å². The maximum Gasteiger partial charge on any atom is 0.119 e. The Kier molecular flexibility index (Phi) is 6.03. The number of hydrogen-bond acceptors (Lipinski definition) is 3. The Morgan fingerprint density at radius 3 is 1.88 bits per heavy atom. The van der Waals surface area contributed by atoms with E-state index in [0.29, 0.717) is 6.61 Å². The lowest BCUT2D eigenvalue weighted by molar-refractivity contribution is 0.122. The molecule has 2 aromatic carbocycles.